The zero-order chi connectivity index (χ0) is 15.2. The van der Waals surface area contributed by atoms with E-state index in [1.807, 2.05) is 0 Å². The number of rotatable bonds is 5. The minimum absolute atomic E-state index is 0.289. The number of halogens is 1. The molecule has 0 unspecified atom stereocenters. The van der Waals surface area contributed by atoms with Crippen molar-refractivity contribution in [3.63, 3.8) is 0 Å². The number of nitro groups is 1. The van der Waals surface area contributed by atoms with Crippen LogP contribution in [0.15, 0.2) is 48.5 Å². The van der Waals surface area contributed by atoms with Gasteiger partial charge in [0.05, 0.1) is 4.92 Å². The van der Waals surface area contributed by atoms with Crippen molar-refractivity contribution in [3.8, 4) is 5.75 Å². The Morgan fingerprint density at radius 3 is 2.62 bits per heavy atom. The number of carbonyl (C=O) groups is 1. The SMILES string of the molecule is O=C(COc1cc(F)ccc1[N+](=O)[O-])Nc1ccccc1. The number of ether oxygens (including phenoxy) is 1. The topological polar surface area (TPSA) is 81.5 Å². The lowest BCUT2D eigenvalue weighted by Crippen LogP contribution is -2.20. The Morgan fingerprint density at radius 1 is 1.24 bits per heavy atom. The second kappa shape index (κ2) is 6.47. The number of anilines is 1. The zero-order valence-corrected chi connectivity index (χ0v) is 10.8. The maximum atomic E-state index is 13.1. The quantitative estimate of drug-likeness (QED) is 0.678. The fourth-order valence-corrected chi connectivity index (χ4v) is 1.62. The van der Waals surface area contributed by atoms with Gasteiger partial charge < -0.3 is 10.1 Å². The van der Waals surface area contributed by atoms with Gasteiger partial charge in [-0.2, -0.15) is 0 Å². The summed E-state index contributed by atoms with van der Waals surface area (Å²) >= 11 is 0. The van der Waals surface area contributed by atoms with E-state index in [0.717, 1.165) is 18.2 Å². The molecule has 6 nitrogen and oxygen atoms in total. The summed E-state index contributed by atoms with van der Waals surface area (Å²) in [6.45, 7) is -0.459. The molecule has 0 spiro atoms. The molecule has 0 aliphatic carbocycles. The van der Waals surface area contributed by atoms with E-state index in [1.165, 1.54) is 0 Å². The van der Waals surface area contributed by atoms with Gasteiger partial charge in [-0.25, -0.2) is 4.39 Å². The summed E-state index contributed by atoms with van der Waals surface area (Å²) in [5, 5.41) is 13.3. The van der Waals surface area contributed by atoms with Crippen LogP contribution in [0.2, 0.25) is 0 Å². The van der Waals surface area contributed by atoms with Crippen molar-refractivity contribution < 1.29 is 18.8 Å². The Balaban J connectivity index is 2.01. The van der Waals surface area contributed by atoms with E-state index in [0.29, 0.717) is 5.69 Å². The van der Waals surface area contributed by atoms with Crippen LogP contribution in [0, 0.1) is 15.9 Å². The van der Waals surface area contributed by atoms with Crippen LogP contribution in [0.4, 0.5) is 15.8 Å². The Hall–Kier alpha value is -2.96. The van der Waals surface area contributed by atoms with Crippen molar-refractivity contribution >= 4 is 17.3 Å². The fraction of sp³-hybridized carbons (Fsp3) is 0.0714. The van der Waals surface area contributed by atoms with E-state index in [2.05, 4.69) is 5.32 Å². The Labute approximate surface area is 119 Å². The average Bonchev–Trinajstić information content (AvgIpc) is 2.46. The normalized spacial score (nSPS) is 9.95. The van der Waals surface area contributed by atoms with Crippen molar-refractivity contribution in [2.45, 2.75) is 0 Å². The molecule has 0 aliphatic rings. The molecular formula is C14H11FN2O4. The standard InChI is InChI=1S/C14H11FN2O4/c15-10-6-7-12(17(19)20)13(8-10)21-9-14(18)16-11-4-2-1-3-5-11/h1-8H,9H2,(H,16,18). The fourth-order valence-electron chi connectivity index (χ4n) is 1.62. The summed E-state index contributed by atoms with van der Waals surface area (Å²) in [7, 11) is 0. The largest absolute Gasteiger partial charge is 0.477 e. The molecule has 0 fully saturated rings. The van der Waals surface area contributed by atoms with E-state index in [-0.39, 0.29) is 5.75 Å². The molecule has 1 N–H and O–H groups in total. The van der Waals surface area contributed by atoms with Crippen molar-refractivity contribution in [2.24, 2.45) is 0 Å². The predicted molar refractivity (Wildman–Crippen MR) is 73.6 cm³/mol. The van der Waals surface area contributed by atoms with Gasteiger partial charge in [0, 0.05) is 17.8 Å². The molecule has 0 aromatic heterocycles. The van der Waals surface area contributed by atoms with E-state index in [4.69, 9.17) is 4.74 Å². The van der Waals surface area contributed by atoms with Gasteiger partial charge in [-0.1, -0.05) is 18.2 Å². The molecule has 0 atom stereocenters. The third-order valence-corrected chi connectivity index (χ3v) is 2.53. The molecule has 2 rings (SSSR count). The van der Waals surface area contributed by atoms with E-state index in [9.17, 15) is 19.3 Å². The summed E-state index contributed by atoms with van der Waals surface area (Å²) < 4.78 is 18.1. The highest BCUT2D eigenvalue weighted by Gasteiger charge is 2.17. The molecule has 0 saturated carbocycles. The molecule has 21 heavy (non-hydrogen) atoms. The summed E-state index contributed by atoms with van der Waals surface area (Å²) in [6.07, 6.45) is 0. The van der Waals surface area contributed by atoms with Gasteiger partial charge >= 0.3 is 5.69 Å². The van der Waals surface area contributed by atoms with Crippen LogP contribution in [0.3, 0.4) is 0 Å². The van der Waals surface area contributed by atoms with Crippen LogP contribution < -0.4 is 10.1 Å². The van der Waals surface area contributed by atoms with Crippen LogP contribution in [0.5, 0.6) is 5.75 Å². The predicted octanol–water partition coefficient (Wildman–Crippen LogP) is 2.75. The second-order valence-electron chi connectivity index (χ2n) is 4.07. The Kier molecular flexibility index (Phi) is 4.45. The molecule has 2 aromatic carbocycles. The third kappa shape index (κ3) is 4.00. The van der Waals surface area contributed by atoms with Gasteiger partial charge in [0.2, 0.25) is 5.75 Å². The Morgan fingerprint density at radius 2 is 1.95 bits per heavy atom. The highest BCUT2D eigenvalue weighted by Crippen LogP contribution is 2.27. The minimum Gasteiger partial charge on any atom is -0.477 e. The molecule has 7 heteroatoms. The van der Waals surface area contributed by atoms with E-state index < -0.39 is 28.9 Å². The first-order valence-corrected chi connectivity index (χ1v) is 5.98. The molecule has 0 bridgehead atoms. The molecule has 1 amide bonds. The van der Waals surface area contributed by atoms with Gasteiger partial charge in [0.1, 0.15) is 5.82 Å². The number of hydrogen-bond donors (Lipinski definition) is 1. The third-order valence-electron chi connectivity index (χ3n) is 2.53. The van der Waals surface area contributed by atoms with E-state index in [1.54, 1.807) is 30.3 Å². The summed E-state index contributed by atoms with van der Waals surface area (Å²) in [4.78, 5) is 21.7. The van der Waals surface area contributed by atoms with Crippen LogP contribution >= 0.6 is 0 Å². The van der Waals surface area contributed by atoms with Gasteiger partial charge in [0.15, 0.2) is 6.61 Å². The highest BCUT2D eigenvalue weighted by atomic mass is 19.1. The summed E-state index contributed by atoms with van der Waals surface area (Å²) in [6, 6.07) is 11.5. The van der Waals surface area contributed by atoms with Gasteiger partial charge in [-0.3, -0.25) is 14.9 Å². The first-order chi connectivity index (χ1) is 10.1. The molecular weight excluding hydrogens is 279 g/mol. The molecule has 0 radical (unpaired) electrons. The number of benzene rings is 2. The van der Waals surface area contributed by atoms with Crippen LogP contribution in [0.25, 0.3) is 0 Å². The second-order valence-corrected chi connectivity index (χ2v) is 4.07. The lowest BCUT2D eigenvalue weighted by atomic mass is 10.3. The van der Waals surface area contributed by atoms with Crippen molar-refractivity contribution in [3.05, 3.63) is 64.5 Å². The zero-order valence-electron chi connectivity index (χ0n) is 10.8. The number of carbonyl (C=O) groups excluding carboxylic acids is 1. The summed E-state index contributed by atoms with van der Waals surface area (Å²) in [5.74, 6) is -1.47. The van der Waals surface area contributed by atoms with Crippen LogP contribution in [-0.2, 0) is 4.79 Å². The monoisotopic (exact) mass is 290 g/mol. The lowest BCUT2D eigenvalue weighted by Gasteiger charge is -2.07. The maximum absolute atomic E-state index is 13.1. The first kappa shape index (κ1) is 14.4. The van der Waals surface area contributed by atoms with Gasteiger partial charge in [-0.15, -0.1) is 0 Å². The van der Waals surface area contributed by atoms with E-state index >= 15 is 0 Å². The van der Waals surface area contributed by atoms with Crippen molar-refractivity contribution in [1.82, 2.24) is 0 Å². The van der Waals surface area contributed by atoms with Crippen molar-refractivity contribution in [1.29, 1.82) is 0 Å². The summed E-state index contributed by atoms with van der Waals surface area (Å²) in [5.41, 5.74) is 0.170. The van der Waals surface area contributed by atoms with Crippen LogP contribution in [-0.4, -0.2) is 17.4 Å². The van der Waals surface area contributed by atoms with Gasteiger partial charge in [-0.05, 0) is 18.2 Å². The minimum atomic E-state index is -0.704. The Bertz CT molecular complexity index is 661. The van der Waals surface area contributed by atoms with Crippen LogP contribution in [0.1, 0.15) is 0 Å². The number of nitrogens with zero attached hydrogens (tertiary/aromatic N) is 1. The average molecular weight is 290 g/mol. The molecule has 108 valence electrons. The number of nitrogens with one attached hydrogen (secondary N) is 1. The molecule has 2 aromatic rings. The first-order valence-electron chi connectivity index (χ1n) is 5.98. The van der Waals surface area contributed by atoms with Crippen molar-refractivity contribution in [2.75, 3.05) is 11.9 Å². The van der Waals surface area contributed by atoms with Gasteiger partial charge in [0.25, 0.3) is 5.91 Å². The number of nitro benzene ring substituents is 1. The molecule has 0 heterocycles. The number of para-hydroxylation sites is 1. The highest BCUT2D eigenvalue weighted by molar-refractivity contribution is 5.91. The molecule has 0 aliphatic heterocycles. The molecule has 0 saturated heterocycles. The lowest BCUT2D eigenvalue weighted by molar-refractivity contribution is -0.385. The maximum Gasteiger partial charge on any atom is 0.311 e. The number of amides is 1. The number of hydrogen-bond acceptors (Lipinski definition) is 4. The smallest absolute Gasteiger partial charge is 0.311 e.